The van der Waals surface area contributed by atoms with Gasteiger partial charge in [0, 0.05) is 38.6 Å². The second-order valence-electron chi connectivity index (χ2n) is 8.49. The fraction of sp³-hybridized carbons (Fsp3) is 0.667. The molecule has 1 saturated heterocycles. The van der Waals surface area contributed by atoms with Crippen molar-refractivity contribution in [2.45, 2.75) is 45.1 Å². The summed E-state index contributed by atoms with van der Waals surface area (Å²) in [5.41, 5.74) is 1.05. The lowest BCUT2D eigenvalue weighted by molar-refractivity contribution is -0.125. The number of hydrogen-bond donors (Lipinski definition) is 3. The van der Waals surface area contributed by atoms with Crippen LogP contribution in [0.5, 0.6) is 0 Å². The molecule has 1 aliphatic carbocycles. The van der Waals surface area contributed by atoms with Crippen LogP contribution in [0.4, 0.5) is 4.39 Å². The average molecular weight is 448 g/mol. The van der Waals surface area contributed by atoms with Gasteiger partial charge in [0.2, 0.25) is 5.91 Å². The van der Waals surface area contributed by atoms with Gasteiger partial charge in [0.15, 0.2) is 5.96 Å². The van der Waals surface area contributed by atoms with Crippen LogP contribution in [0, 0.1) is 11.7 Å². The summed E-state index contributed by atoms with van der Waals surface area (Å²) >= 11 is 0. The Balaban J connectivity index is 1.54. The number of carbonyl (C=O) groups excluding carboxylic acids is 1. The highest BCUT2D eigenvalue weighted by Gasteiger charge is 2.23. The van der Waals surface area contributed by atoms with Gasteiger partial charge in [-0.3, -0.25) is 14.7 Å². The summed E-state index contributed by atoms with van der Waals surface area (Å²) in [6.45, 7) is 7.56. The molecule has 1 atom stereocenters. The number of aliphatic imine (C=N–C) groups is 1. The predicted molar refractivity (Wildman–Crippen MR) is 125 cm³/mol. The highest BCUT2D eigenvalue weighted by Crippen LogP contribution is 2.24. The minimum absolute atomic E-state index is 0.0564. The van der Waals surface area contributed by atoms with E-state index in [9.17, 15) is 9.18 Å². The summed E-state index contributed by atoms with van der Waals surface area (Å²) in [7, 11) is 0. The Kier molecular flexibility index (Phi) is 10.2. The summed E-state index contributed by atoms with van der Waals surface area (Å²) in [6.07, 6.45) is 5.58. The highest BCUT2D eigenvalue weighted by molar-refractivity contribution is 5.80. The van der Waals surface area contributed by atoms with Crippen molar-refractivity contribution in [1.29, 1.82) is 0 Å². The number of nitrogens with one attached hydrogen (secondary N) is 3. The number of nitrogens with zero attached hydrogens (tertiary/aromatic N) is 2. The smallest absolute Gasteiger partial charge is 0.223 e. The maximum atomic E-state index is 13.4. The van der Waals surface area contributed by atoms with Crippen molar-refractivity contribution in [2.24, 2.45) is 10.9 Å². The molecule has 1 saturated carbocycles. The topological polar surface area (TPSA) is 78.0 Å². The van der Waals surface area contributed by atoms with Crippen molar-refractivity contribution >= 4 is 11.9 Å². The number of rotatable bonds is 9. The number of halogens is 1. The Morgan fingerprint density at radius 3 is 2.47 bits per heavy atom. The molecule has 1 aliphatic heterocycles. The van der Waals surface area contributed by atoms with E-state index in [0.717, 1.165) is 56.8 Å². The van der Waals surface area contributed by atoms with E-state index >= 15 is 0 Å². The summed E-state index contributed by atoms with van der Waals surface area (Å²) < 4.78 is 18.9. The SMILES string of the molecule is CCNC(=NCC(c1ccc(F)cc1)N1CCOCC1)NCCNC(=O)C1CCCCC1. The molecule has 32 heavy (non-hydrogen) atoms. The monoisotopic (exact) mass is 447 g/mol. The summed E-state index contributed by atoms with van der Waals surface area (Å²) in [5.74, 6) is 0.843. The van der Waals surface area contributed by atoms with E-state index < -0.39 is 0 Å². The molecule has 0 aromatic heterocycles. The number of benzene rings is 1. The van der Waals surface area contributed by atoms with E-state index in [1.807, 2.05) is 19.1 Å². The lowest BCUT2D eigenvalue weighted by Gasteiger charge is -2.34. The average Bonchev–Trinajstić information content (AvgIpc) is 2.84. The summed E-state index contributed by atoms with van der Waals surface area (Å²) in [4.78, 5) is 19.5. The maximum absolute atomic E-state index is 13.4. The van der Waals surface area contributed by atoms with Gasteiger partial charge in [-0.25, -0.2) is 4.39 Å². The van der Waals surface area contributed by atoms with Gasteiger partial charge in [-0.15, -0.1) is 0 Å². The first-order valence-electron chi connectivity index (χ1n) is 12.0. The van der Waals surface area contributed by atoms with Gasteiger partial charge >= 0.3 is 0 Å². The minimum atomic E-state index is -0.233. The zero-order chi connectivity index (χ0) is 22.6. The van der Waals surface area contributed by atoms with Crippen LogP contribution in [0.2, 0.25) is 0 Å². The molecule has 3 rings (SSSR count). The largest absolute Gasteiger partial charge is 0.379 e. The maximum Gasteiger partial charge on any atom is 0.223 e. The number of ether oxygens (including phenoxy) is 1. The van der Waals surface area contributed by atoms with Crippen LogP contribution in [0.3, 0.4) is 0 Å². The van der Waals surface area contributed by atoms with Crippen molar-refractivity contribution in [1.82, 2.24) is 20.9 Å². The summed E-state index contributed by atoms with van der Waals surface area (Å²) in [6, 6.07) is 6.75. The van der Waals surface area contributed by atoms with Crippen LogP contribution in [0.1, 0.15) is 50.6 Å². The third-order valence-electron chi connectivity index (χ3n) is 6.20. The van der Waals surface area contributed by atoms with Gasteiger partial charge < -0.3 is 20.7 Å². The third-order valence-corrected chi connectivity index (χ3v) is 6.20. The molecule has 7 nitrogen and oxygen atoms in total. The van der Waals surface area contributed by atoms with Crippen molar-refractivity contribution in [3.8, 4) is 0 Å². The molecule has 0 spiro atoms. The van der Waals surface area contributed by atoms with Crippen LogP contribution in [-0.2, 0) is 9.53 Å². The van der Waals surface area contributed by atoms with Crippen LogP contribution in [0.15, 0.2) is 29.3 Å². The van der Waals surface area contributed by atoms with E-state index in [2.05, 4.69) is 20.9 Å². The van der Waals surface area contributed by atoms with Crippen LogP contribution in [-0.4, -0.2) is 69.2 Å². The second kappa shape index (κ2) is 13.4. The zero-order valence-electron chi connectivity index (χ0n) is 19.2. The first-order chi connectivity index (χ1) is 15.7. The van der Waals surface area contributed by atoms with Gasteiger partial charge in [0.05, 0.1) is 25.8 Å². The Bertz CT molecular complexity index is 716. The van der Waals surface area contributed by atoms with Crippen molar-refractivity contribution in [2.75, 3.05) is 52.5 Å². The van der Waals surface area contributed by atoms with Crippen LogP contribution in [0.25, 0.3) is 0 Å². The first-order valence-corrected chi connectivity index (χ1v) is 12.0. The lowest BCUT2D eigenvalue weighted by Crippen LogP contribution is -2.44. The molecule has 1 amide bonds. The zero-order valence-corrected chi connectivity index (χ0v) is 19.2. The predicted octanol–water partition coefficient (Wildman–Crippen LogP) is 2.45. The molecule has 0 bridgehead atoms. The molecule has 178 valence electrons. The van der Waals surface area contributed by atoms with Gasteiger partial charge in [0.25, 0.3) is 0 Å². The van der Waals surface area contributed by atoms with Gasteiger partial charge in [-0.05, 0) is 37.5 Å². The quantitative estimate of drug-likeness (QED) is 0.308. The number of guanidine groups is 1. The van der Waals surface area contributed by atoms with E-state index in [4.69, 9.17) is 9.73 Å². The van der Waals surface area contributed by atoms with Crippen molar-refractivity contribution < 1.29 is 13.9 Å². The van der Waals surface area contributed by atoms with Crippen molar-refractivity contribution in [3.63, 3.8) is 0 Å². The normalized spacial score (nSPS) is 19.4. The molecule has 2 aliphatic rings. The molecular formula is C24H38FN5O2. The van der Waals surface area contributed by atoms with E-state index in [1.165, 1.54) is 18.6 Å². The minimum Gasteiger partial charge on any atom is -0.379 e. The lowest BCUT2D eigenvalue weighted by atomic mass is 9.89. The molecule has 1 aromatic carbocycles. The molecule has 0 radical (unpaired) electrons. The second-order valence-corrected chi connectivity index (χ2v) is 8.49. The fourth-order valence-electron chi connectivity index (χ4n) is 4.40. The molecule has 1 heterocycles. The van der Waals surface area contributed by atoms with Gasteiger partial charge in [0.1, 0.15) is 5.82 Å². The molecular weight excluding hydrogens is 409 g/mol. The molecule has 1 unspecified atom stereocenters. The third kappa shape index (κ3) is 7.74. The Hall–Kier alpha value is -2.19. The molecule has 8 heteroatoms. The van der Waals surface area contributed by atoms with E-state index in [0.29, 0.717) is 32.8 Å². The highest BCUT2D eigenvalue weighted by atomic mass is 19.1. The Morgan fingerprint density at radius 2 is 1.78 bits per heavy atom. The van der Waals surface area contributed by atoms with Crippen molar-refractivity contribution in [3.05, 3.63) is 35.6 Å². The fourth-order valence-corrected chi connectivity index (χ4v) is 4.40. The standard InChI is InChI=1S/C24H38FN5O2/c1-2-26-24(28-13-12-27-23(31)20-6-4-3-5-7-20)29-18-22(30-14-16-32-17-15-30)19-8-10-21(25)11-9-19/h8-11,20,22H,2-7,12-18H2,1H3,(H,27,31)(H2,26,28,29). The Labute approximate surface area is 191 Å². The summed E-state index contributed by atoms with van der Waals surface area (Å²) in [5, 5.41) is 9.65. The first kappa shape index (κ1) is 24.5. The van der Waals surface area contributed by atoms with Crippen LogP contribution >= 0.6 is 0 Å². The van der Waals surface area contributed by atoms with E-state index in [-0.39, 0.29) is 23.7 Å². The Morgan fingerprint density at radius 1 is 1.09 bits per heavy atom. The number of hydrogen-bond acceptors (Lipinski definition) is 4. The van der Waals surface area contributed by atoms with Crippen LogP contribution < -0.4 is 16.0 Å². The number of carbonyl (C=O) groups is 1. The molecule has 2 fully saturated rings. The number of morpholine rings is 1. The van der Waals surface area contributed by atoms with Gasteiger partial charge in [-0.2, -0.15) is 0 Å². The van der Waals surface area contributed by atoms with Gasteiger partial charge in [-0.1, -0.05) is 31.4 Å². The number of amides is 1. The van der Waals surface area contributed by atoms with E-state index in [1.54, 1.807) is 0 Å². The molecule has 1 aromatic rings. The molecule has 3 N–H and O–H groups in total.